The molecule has 0 saturated carbocycles. The van der Waals surface area contributed by atoms with E-state index in [4.69, 9.17) is 11.6 Å². The minimum atomic E-state index is -0.248. The predicted octanol–water partition coefficient (Wildman–Crippen LogP) is 5.27. The first-order chi connectivity index (χ1) is 16.1. The minimum Gasteiger partial charge on any atom is -0.351 e. The number of benzene rings is 3. The third-order valence-corrected chi connectivity index (χ3v) is 5.87. The van der Waals surface area contributed by atoms with Crippen LogP contribution in [0.15, 0.2) is 85.3 Å². The Morgan fingerprint density at radius 1 is 1.09 bits per heavy atom. The summed E-state index contributed by atoms with van der Waals surface area (Å²) in [7, 11) is 0. The number of amides is 1. The molecule has 0 spiro atoms. The van der Waals surface area contributed by atoms with Crippen molar-refractivity contribution in [3.63, 3.8) is 0 Å². The number of halogens is 1. The molecule has 1 atom stereocenters. The van der Waals surface area contributed by atoms with Crippen LogP contribution in [0.1, 0.15) is 18.5 Å². The Hall–Kier alpha value is -3.97. The summed E-state index contributed by atoms with van der Waals surface area (Å²) in [5.41, 5.74) is 5.09. The fourth-order valence-electron chi connectivity index (χ4n) is 3.95. The summed E-state index contributed by atoms with van der Waals surface area (Å²) < 4.78 is 1.63. The lowest BCUT2D eigenvalue weighted by Crippen LogP contribution is -2.36. The fourth-order valence-corrected chi connectivity index (χ4v) is 4.15. The molecule has 5 rings (SSSR count). The van der Waals surface area contributed by atoms with E-state index in [1.807, 2.05) is 85.9 Å². The maximum Gasteiger partial charge on any atom is 0.249 e. The molecule has 0 saturated heterocycles. The van der Waals surface area contributed by atoms with E-state index in [2.05, 4.69) is 20.3 Å². The Balaban J connectivity index is 1.51. The summed E-state index contributed by atoms with van der Waals surface area (Å²) in [6.45, 7) is 2.05. The fraction of sp³-hybridized carbons (Fsp3) is 0.120. The highest BCUT2D eigenvalue weighted by atomic mass is 35.5. The van der Waals surface area contributed by atoms with E-state index in [1.165, 1.54) is 0 Å². The van der Waals surface area contributed by atoms with Gasteiger partial charge >= 0.3 is 0 Å². The number of anilines is 1. The van der Waals surface area contributed by atoms with E-state index in [0.717, 1.165) is 33.5 Å². The largest absolute Gasteiger partial charge is 0.351 e. The molecule has 2 heterocycles. The van der Waals surface area contributed by atoms with E-state index >= 15 is 0 Å². The van der Waals surface area contributed by atoms with Crippen molar-refractivity contribution in [2.45, 2.75) is 19.5 Å². The number of aromatic nitrogens is 5. The number of nitrogens with one attached hydrogen (secondary N) is 1. The molecular formula is C25H21ClN6O. The molecule has 0 bridgehead atoms. The van der Waals surface area contributed by atoms with E-state index in [9.17, 15) is 4.79 Å². The molecule has 0 aliphatic heterocycles. The smallest absolute Gasteiger partial charge is 0.249 e. The van der Waals surface area contributed by atoms with Crippen LogP contribution in [-0.4, -0.2) is 30.9 Å². The van der Waals surface area contributed by atoms with Gasteiger partial charge < -0.3 is 9.88 Å². The van der Waals surface area contributed by atoms with Crippen LogP contribution in [-0.2, 0) is 11.3 Å². The monoisotopic (exact) mass is 456 g/mol. The highest BCUT2D eigenvalue weighted by molar-refractivity contribution is 6.30. The topological polar surface area (TPSA) is 79.7 Å². The molecule has 1 N–H and O–H groups in total. The van der Waals surface area contributed by atoms with Crippen LogP contribution in [0.4, 0.5) is 5.69 Å². The van der Waals surface area contributed by atoms with Gasteiger partial charge in [-0.25, -0.2) is 9.67 Å². The van der Waals surface area contributed by atoms with Crippen molar-refractivity contribution in [2.24, 2.45) is 0 Å². The number of hydrogen-bond acceptors (Lipinski definition) is 4. The normalized spacial score (nSPS) is 12.1. The molecule has 1 amide bonds. The average molecular weight is 457 g/mol. The van der Waals surface area contributed by atoms with Gasteiger partial charge in [0, 0.05) is 22.5 Å². The summed E-state index contributed by atoms with van der Waals surface area (Å²) in [6.07, 6.45) is 3.48. The molecule has 164 valence electrons. The summed E-state index contributed by atoms with van der Waals surface area (Å²) in [5.74, 6) is -0.106. The van der Waals surface area contributed by atoms with Gasteiger partial charge in [-0.2, -0.15) is 0 Å². The summed E-state index contributed by atoms with van der Waals surface area (Å²) in [4.78, 5) is 22.7. The Morgan fingerprint density at radius 3 is 2.67 bits per heavy atom. The molecule has 0 aliphatic rings. The quantitative estimate of drug-likeness (QED) is 0.377. The molecule has 3 aromatic carbocycles. The molecule has 0 radical (unpaired) electrons. The third-order valence-electron chi connectivity index (χ3n) is 5.63. The maximum absolute atomic E-state index is 13.7. The van der Waals surface area contributed by atoms with E-state index in [1.54, 1.807) is 15.9 Å². The number of aromatic amines is 1. The molecule has 8 heteroatoms. The van der Waals surface area contributed by atoms with Gasteiger partial charge in [-0.15, -0.1) is 5.10 Å². The molecule has 7 nitrogen and oxygen atoms in total. The van der Waals surface area contributed by atoms with Crippen LogP contribution in [0.2, 0.25) is 5.02 Å². The standard InChI is InChI=1S/C25H21ClN6O/c1-17(19-5-4-6-20(26)13-19)32(21-11-9-18(10-12-21)23-14-27-16-28-23)25(33)15-31-24-8-3-2-7-22(24)29-30-31/h2-14,16-17H,15H2,1H3,(H,27,28). The molecule has 2 aromatic heterocycles. The maximum atomic E-state index is 13.7. The molecule has 0 aliphatic carbocycles. The van der Waals surface area contributed by atoms with Gasteiger partial charge in [-0.05, 0) is 48.9 Å². The van der Waals surface area contributed by atoms with E-state index in [0.29, 0.717) is 5.02 Å². The number of nitrogens with zero attached hydrogens (tertiary/aromatic N) is 5. The molecule has 5 aromatic rings. The van der Waals surface area contributed by atoms with Crippen molar-refractivity contribution in [3.05, 3.63) is 95.9 Å². The number of H-pyrrole nitrogens is 1. The molecule has 1 unspecified atom stereocenters. The SMILES string of the molecule is CC(c1cccc(Cl)c1)N(C(=O)Cn1nnc2ccccc21)c1ccc(-c2c[nH]cn2)cc1. The molecule has 0 fully saturated rings. The van der Waals surface area contributed by atoms with Crippen molar-refractivity contribution in [1.29, 1.82) is 0 Å². The summed E-state index contributed by atoms with van der Waals surface area (Å²) in [6, 6.07) is 22.7. The second kappa shape index (κ2) is 8.88. The van der Waals surface area contributed by atoms with Gasteiger partial charge in [0.05, 0.1) is 23.6 Å². The Bertz CT molecular complexity index is 1390. The first-order valence-electron chi connectivity index (χ1n) is 10.5. The lowest BCUT2D eigenvalue weighted by molar-refractivity contribution is -0.119. The first-order valence-corrected chi connectivity index (χ1v) is 10.9. The zero-order valence-electron chi connectivity index (χ0n) is 17.9. The second-order valence-corrected chi connectivity index (χ2v) is 8.17. The van der Waals surface area contributed by atoms with Crippen molar-refractivity contribution >= 4 is 34.2 Å². The van der Waals surface area contributed by atoms with Crippen LogP contribution in [0.5, 0.6) is 0 Å². The summed E-state index contributed by atoms with van der Waals surface area (Å²) in [5, 5.41) is 8.99. The number of rotatable bonds is 6. The number of para-hydroxylation sites is 1. The van der Waals surface area contributed by atoms with Crippen LogP contribution >= 0.6 is 11.6 Å². The van der Waals surface area contributed by atoms with Crippen LogP contribution in [0.25, 0.3) is 22.3 Å². The van der Waals surface area contributed by atoms with Crippen molar-refractivity contribution in [1.82, 2.24) is 25.0 Å². The van der Waals surface area contributed by atoms with E-state index < -0.39 is 0 Å². The van der Waals surface area contributed by atoms with Crippen LogP contribution in [0.3, 0.4) is 0 Å². The van der Waals surface area contributed by atoms with Crippen molar-refractivity contribution in [3.8, 4) is 11.3 Å². The van der Waals surface area contributed by atoms with E-state index in [-0.39, 0.29) is 18.5 Å². The van der Waals surface area contributed by atoms with Gasteiger partial charge in [0.15, 0.2) is 0 Å². The Labute approximate surface area is 195 Å². The predicted molar refractivity (Wildman–Crippen MR) is 129 cm³/mol. The zero-order chi connectivity index (χ0) is 22.8. The summed E-state index contributed by atoms with van der Waals surface area (Å²) >= 11 is 6.24. The lowest BCUT2D eigenvalue weighted by Gasteiger charge is -2.30. The third kappa shape index (κ3) is 4.23. The van der Waals surface area contributed by atoms with Crippen LogP contribution < -0.4 is 4.90 Å². The number of carbonyl (C=O) groups excluding carboxylic acids is 1. The highest BCUT2D eigenvalue weighted by Crippen LogP contribution is 2.30. The first kappa shape index (κ1) is 20.9. The van der Waals surface area contributed by atoms with Crippen molar-refractivity contribution < 1.29 is 4.79 Å². The van der Waals surface area contributed by atoms with Gasteiger partial charge in [-0.3, -0.25) is 4.79 Å². The Morgan fingerprint density at radius 2 is 1.91 bits per heavy atom. The van der Waals surface area contributed by atoms with Gasteiger partial charge in [0.25, 0.3) is 0 Å². The minimum absolute atomic E-state index is 0.0620. The second-order valence-electron chi connectivity index (χ2n) is 7.73. The average Bonchev–Trinajstić information content (AvgIpc) is 3.51. The number of hydrogen-bond donors (Lipinski definition) is 1. The zero-order valence-corrected chi connectivity index (χ0v) is 18.6. The van der Waals surface area contributed by atoms with Gasteiger partial charge in [0.2, 0.25) is 5.91 Å². The Kier molecular flexibility index (Phi) is 5.62. The lowest BCUT2D eigenvalue weighted by atomic mass is 10.0. The number of imidazole rings is 1. The number of carbonyl (C=O) groups is 1. The van der Waals surface area contributed by atoms with Gasteiger partial charge in [0.1, 0.15) is 12.1 Å². The van der Waals surface area contributed by atoms with Crippen LogP contribution in [0, 0.1) is 0 Å². The number of fused-ring (bicyclic) bond motifs is 1. The van der Waals surface area contributed by atoms with Gasteiger partial charge in [-0.1, -0.05) is 53.2 Å². The van der Waals surface area contributed by atoms with Crippen molar-refractivity contribution in [2.75, 3.05) is 4.90 Å². The highest BCUT2D eigenvalue weighted by Gasteiger charge is 2.25. The molecule has 33 heavy (non-hydrogen) atoms. The molecular weight excluding hydrogens is 436 g/mol.